The Balaban J connectivity index is 1.42. The highest BCUT2D eigenvalue weighted by molar-refractivity contribution is 7.26. The lowest BCUT2D eigenvalue weighted by atomic mass is 9.82. The first-order valence-electron chi connectivity index (χ1n) is 15.6. The second-order valence-corrected chi connectivity index (χ2v) is 13.6. The topological polar surface area (TPSA) is 3.24 Å². The minimum absolute atomic E-state index is 0.0934. The number of hydrogen-bond donors (Lipinski definition) is 0. The molecule has 0 aliphatic heterocycles. The molecule has 1 aliphatic rings. The van der Waals surface area contributed by atoms with E-state index < -0.39 is 0 Å². The average Bonchev–Trinajstić information content (AvgIpc) is 3.58. The molecule has 1 heterocycles. The van der Waals surface area contributed by atoms with Crippen molar-refractivity contribution in [3.05, 3.63) is 163 Å². The molecule has 0 N–H and O–H groups in total. The third kappa shape index (κ3) is 3.86. The molecule has 0 saturated carbocycles. The van der Waals surface area contributed by atoms with Crippen molar-refractivity contribution in [1.29, 1.82) is 0 Å². The number of hydrogen-bond acceptors (Lipinski definition) is 2. The van der Waals surface area contributed by atoms with E-state index >= 15 is 0 Å². The Hall–Kier alpha value is -5.18. The summed E-state index contributed by atoms with van der Waals surface area (Å²) >= 11 is 1.87. The molecule has 1 aromatic heterocycles. The van der Waals surface area contributed by atoms with Gasteiger partial charge in [0.05, 0.1) is 17.1 Å². The summed E-state index contributed by atoms with van der Waals surface area (Å²) in [5, 5.41) is 5.11. The number of thiophene rings is 1. The summed E-state index contributed by atoms with van der Waals surface area (Å²) in [6, 6.07) is 55.9. The highest BCUT2D eigenvalue weighted by Gasteiger charge is 2.38. The molecule has 0 fully saturated rings. The van der Waals surface area contributed by atoms with Gasteiger partial charge in [-0.2, -0.15) is 0 Å². The van der Waals surface area contributed by atoms with Crippen LogP contribution in [0.1, 0.15) is 25.0 Å². The summed E-state index contributed by atoms with van der Waals surface area (Å²) < 4.78 is 2.61. The number of rotatable bonds is 4. The molecule has 0 unspecified atom stereocenters. The van der Waals surface area contributed by atoms with E-state index in [-0.39, 0.29) is 5.41 Å². The fraction of sp³-hybridized carbons (Fsp3) is 0.0698. The Labute approximate surface area is 267 Å². The van der Waals surface area contributed by atoms with Crippen LogP contribution in [0.4, 0.5) is 17.1 Å². The Morgan fingerprint density at radius 1 is 0.444 bits per heavy atom. The van der Waals surface area contributed by atoms with E-state index in [0.29, 0.717) is 0 Å². The third-order valence-electron chi connectivity index (χ3n) is 9.67. The monoisotopic (exact) mass is 593 g/mol. The van der Waals surface area contributed by atoms with Gasteiger partial charge in [-0.05, 0) is 63.4 Å². The van der Waals surface area contributed by atoms with E-state index in [1.165, 1.54) is 81.4 Å². The van der Waals surface area contributed by atoms with Gasteiger partial charge in [0.2, 0.25) is 0 Å². The van der Waals surface area contributed by atoms with E-state index in [1.54, 1.807) is 0 Å². The zero-order chi connectivity index (χ0) is 30.1. The van der Waals surface area contributed by atoms with Gasteiger partial charge in [-0.1, -0.05) is 135 Å². The molecule has 7 aromatic carbocycles. The van der Waals surface area contributed by atoms with E-state index in [9.17, 15) is 0 Å². The van der Waals surface area contributed by atoms with Crippen molar-refractivity contribution < 1.29 is 0 Å². The van der Waals surface area contributed by atoms with Crippen LogP contribution in [-0.4, -0.2) is 0 Å². The van der Waals surface area contributed by atoms with Crippen LogP contribution in [0.2, 0.25) is 0 Å². The zero-order valence-electron chi connectivity index (χ0n) is 25.3. The van der Waals surface area contributed by atoms with Gasteiger partial charge >= 0.3 is 0 Å². The van der Waals surface area contributed by atoms with E-state index in [0.717, 1.165) is 0 Å². The van der Waals surface area contributed by atoms with Crippen molar-refractivity contribution in [3.63, 3.8) is 0 Å². The van der Waals surface area contributed by atoms with Crippen molar-refractivity contribution in [1.82, 2.24) is 0 Å². The van der Waals surface area contributed by atoms with Gasteiger partial charge in [-0.25, -0.2) is 0 Å². The molecule has 0 radical (unpaired) electrons. The molecule has 0 bridgehead atoms. The zero-order valence-corrected chi connectivity index (χ0v) is 26.1. The van der Waals surface area contributed by atoms with Gasteiger partial charge in [-0.3, -0.25) is 0 Å². The highest BCUT2D eigenvalue weighted by atomic mass is 32.1. The first-order chi connectivity index (χ1) is 22.1. The van der Waals surface area contributed by atoms with Gasteiger partial charge in [0.25, 0.3) is 0 Å². The maximum absolute atomic E-state index is 2.55. The standard InChI is InChI=1S/C43H31NS/c1-43(2)34-21-8-5-18-32(34)41-35(43)22-12-24-37(41)44(38-25-13-27-40-42(38)33-19-7-10-26-39(33)45-40)36-23-9-6-17-31(36)30-20-11-15-28-14-3-4-16-29(28)30/h3-27H,1-2H3. The molecule has 214 valence electrons. The SMILES string of the molecule is CC1(C)c2ccccc2-c2c(N(c3ccccc3-c3cccc4ccccc34)c3cccc4sc5ccccc5c34)cccc21. The van der Waals surface area contributed by atoms with Crippen LogP contribution < -0.4 is 4.90 Å². The Kier molecular flexibility index (Phi) is 5.78. The average molecular weight is 594 g/mol. The summed E-state index contributed by atoms with van der Waals surface area (Å²) in [6.45, 7) is 4.73. The minimum Gasteiger partial charge on any atom is -0.309 e. The molecule has 2 heteroatoms. The Morgan fingerprint density at radius 3 is 1.93 bits per heavy atom. The number of para-hydroxylation sites is 1. The number of fused-ring (bicyclic) bond motifs is 7. The van der Waals surface area contributed by atoms with Crippen LogP contribution in [0.25, 0.3) is 53.2 Å². The van der Waals surface area contributed by atoms with Crippen molar-refractivity contribution in [2.75, 3.05) is 4.90 Å². The van der Waals surface area contributed by atoms with Gasteiger partial charge in [0.1, 0.15) is 0 Å². The maximum atomic E-state index is 2.55. The van der Waals surface area contributed by atoms with Crippen molar-refractivity contribution in [2.24, 2.45) is 0 Å². The molecule has 0 atom stereocenters. The molecular weight excluding hydrogens is 563 g/mol. The van der Waals surface area contributed by atoms with E-state index in [1.807, 2.05) is 11.3 Å². The molecule has 9 rings (SSSR count). The summed E-state index contributed by atoms with van der Waals surface area (Å²) in [5.74, 6) is 0. The fourth-order valence-corrected chi connectivity index (χ4v) is 8.74. The summed E-state index contributed by atoms with van der Waals surface area (Å²) in [4.78, 5) is 2.55. The molecule has 1 nitrogen and oxygen atoms in total. The second-order valence-electron chi connectivity index (χ2n) is 12.5. The van der Waals surface area contributed by atoms with Gasteiger partial charge in [-0.15, -0.1) is 11.3 Å². The van der Waals surface area contributed by atoms with Crippen LogP contribution in [0.3, 0.4) is 0 Å². The molecule has 1 aliphatic carbocycles. The normalized spacial score (nSPS) is 13.3. The number of benzene rings is 7. The predicted molar refractivity (Wildman–Crippen MR) is 195 cm³/mol. The third-order valence-corrected chi connectivity index (χ3v) is 10.8. The number of anilines is 3. The predicted octanol–water partition coefficient (Wildman–Crippen LogP) is 12.7. The van der Waals surface area contributed by atoms with E-state index in [4.69, 9.17) is 0 Å². The first-order valence-corrected chi connectivity index (χ1v) is 16.4. The molecule has 0 saturated heterocycles. The lowest BCUT2D eigenvalue weighted by Gasteiger charge is -2.31. The lowest BCUT2D eigenvalue weighted by Crippen LogP contribution is -2.16. The van der Waals surface area contributed by atoms with Crippen molar-refractivity contribution in [2.45, 2.75) is 19.3 Å². The Bertz CT molecular complexity index is 2420. The molecule has 8 aromatic rings. The van der Waals surface area contributed by atoms with Crippen LogP contribution in [0.5, 0.6) is 0 Å². The van der Waals surface area contributed by atoms with Crippen LogP contribution in [0.15, 0.2) is 152 Å². The summed E-state index contributed by atoms with van der Waals surface area (Å²) in [6.07, 6.45) is 0. The largest absolute Gasteiger partial charge is 0.309 e. The van der Waals surface area contributed by atoms with Crippen molar-refractivity contribution in [3.8, 4) is 22.3 Å². The smallest absolute Gasteiger partial charge is 0.0555 e. The van der Waals surface area contributed by atoms with Crippen molar-refractivity contribution >= 4 is 59.3 Å². The first kappa shape index (κ1) is 26.2. The summed E-state index contributed by atoms with van der Waals surface area (Å²) in [7, 11) is 0. The Morgan fingerprint density at radius 2 is 1.02 bits per heavy atom. The van der Waals surface area contributed by atoms with Crippen LogP contribution in [0, 0.1) is 0 Å². The highest BCUT2D eigenvalue weighted by Crippen LogP contribution is 2.56. The van der Waals surface area contributed by atoms with Gasteiger partial charge in [0, 0.05) is 36.7 Å². The van der Waals surface area contributed by atoms with Gasteiger partial charge in [0.15, 0.2) is 0 Å². The van der Waals surface area contributed by atoms with Crippen LogP contribution in [-0.2, 0) is 5.41 Å². The second kappa shape index (κ2) is 9.92. The molecule has 45 heavy (non-hydrogen) atoms. The molecule has 0 amide bonds. The molecular formula is C43H31NS. The number of nitrogens with zero attached hydrogens (tertiary/aromatic N) is 1. The van der Waals surface area contributed by atoms with E-state index in [2.05, 4.69) is 170 Å². The lowest BCUT2D eigenvalue weighted by molar-refractivity contribution is 0.660. The summed E-state index contributed by atoms with van der Waals surface area (Å²) in [5.41, 5.74) is 11.3. The quantitative estimate of drug-likeness (QED) is 0.196. The maximum Gasteiger partial charge on any atom is 0.0555 e. The van der Waals surface area contributed by atoms with Gasteiger partial charge < -0.3 is 4.90 Å². The minimum atomic E-state index is -0.0934. The molecule has 0 spiro atoms. The fourth-order valence-electron chi connectivity index (χ4n) is 7.61. The van der Waals surface area contributed by atoms with Crippen LogP contribution >= 0.6 is 11.3 Å².